The van der Waals surface area contributed by atoms with Crippen molar-refractivity contribution in [3.05, 3.63) is 54.1 Å². The zero-order valence-electron chi connectivity index (χ0n) is 25.9. The summed E-state index contributed by atoms with van der Waals surface area (Å²) in [7, 11) is 0. The number of benzene rings is 1. The van der Waals surface area contributed by atoms with Crippen LogP contribution in [-0.4, -0.2) is 47.7 Å². The molecular weight excluding hydrogens is 532 g/mol. The van der Waals surface area contributed by atoms with Gasteiger partial charge in [-0.05, 0) is 110 Å². The maximum atomic E-state index is 13.3. The maximum Gasteiger partial charge on any atom is 0.313 e. The van der Waals surface area contributed by atoms with Gasteiger partial charge in [0.05, 0.1) is 6.10 Å². The van der Waals surface area contributed by atoms with Gasteiger partial charge in [0.25, 0.3) is 0 Å². The number of carbonyl (C=O) groups is 3. The lowest BCUT2D eigenvalue weighted by Gasteiger charge is -2.30. The summed E-state index contributed by atoms with van der Waals surface area (Å²) in [5, 5.41) is 0. The lowest BCUT2D eigenvalue weighted by molar-refractivity contribution is -0.192. The number of carbonyl (C=O) groups excluding carboxylic acids is 3. The van der Waals surface area contributed by atoms with Gasteiger partial charge in [-0.1, -0.05) is 35.9 Å². The summed E-state index contributed by atoms with van der Waals surface area (Å²) in [5.41, 5.74) is -0.327. The number of para-hydroxylation sites is 1. The van der Waals surface area contributed by atoms with E-state index in [1.807, 2.05) is 36.4 Å². The van der Waals surface area contributed by atoms with Crippen LogP contribution in [0, 0.1) is 17.8 Å². The van der Waals surface area contributed by atoms with Gasteiger partial charge < -0.3 is 18.9 Å². The third-order valence-electron chi connectivity index (χ3n) is 8.36. The Morgan fingerprint density at radius 3 is 2.48 bits per heavy atom. The largest absolute Gasteiger partial charge is 0.480 e. The molecule has 0 bridgehead atoms. The first-order chi connectivity index (χ1) is 19.9. The fourth-order valence-electron chi connectivity index (χ4n) is 6.29. The normalized spacial score (nSPS) is 26.4. The van der Waals surface area contributed by atoms with Gasteiger partial charge in [-0.2, -0.15) is 0 Å². The molecule has 1 aromatic carbocycles. The minimum Gasteiger partial charge on any atom is -0.480 e. The molecule has 1 aromatic rings. The van der Waals surface area contributed by atoms with Crippen molar-refractivity contribution in [1.82, 2.24) is 0 Å². The minimum atomic E-state index is -0.996. The molecule has 0 aromatic heterocycles. The minimum absolute atomic E-state index is 0.0466. The van der Waals surface area contributed by atoms with Gasteiger partial charge in [-0.15, -0.1) is 0 Å². The molecule has 1 aliphatic heterocycles. The van der Waals surface area contributed by atoms with E-state index in [0.717, 1.165) is 45.1 Å². The second-order valence-electron chi connectivity index (χ2n) is 13.4. The Bertz CT molecular complexity index is 1140. The first-order valence-electron chi connectivity index (χ1n) is 15.6. The van der Waals surface area contributed by atoms with E-state index >= 15 is 0 Å². The smallest absolute Gasteiger partial charge is 0.313 e. The van der Waals surface area contributed by atoms with E-state index in [-0.39, 0.29) is 36.3 Å². The van der Waals surface area contributed by atoms with Crippen LogP contribution in [0.3, 0.4) is 0 Å². The van der Waals surface area contributed by atoms with Crippen molar-refractivity contribution in [3.8, 4) is 5.75 Å². The van der Waals surface area contributed by atoms with E-state index in [1.54, 1.807) is 40.7 Å². The first-order valence-corrected chi connectivity index (χ1v) is 15.6. The van der Waals surface area contributed by atoms with E-state index in [1.165, 1.54) is 5.57 Å². The van der Waals surface area contributed by atoms with Crippen molar-refractivity contribution in [2.75, 3.05) is 6.61 Å². The van der Waals surface area contributed by atoms with E-state index in [4.69, 9.17) is 18.9 Å². The van der Waals surface area contributed by atoms with Gasteiger partial charge in [0.15, 0.2) is 17.7 Å². The van der Waals surface area contributed by atoms with Crippen LogP contribution in [0.2, 0.25) is 0 Å². The average molecular weight is 581 g/mol. The summed E-state index contributed by atoms with van der Waals surface area (Å²) >= 11 is 0. The Labute approximate surface area is 251 Å². The van der Waals surface area contributed by atoms with Crippen molar-refractivity contribution < 1.29 is 33.3 Å². The van der Waals surface area contributed by atoms with Gasteiger partial charge in [0.2, 0.25) is 0 Å². The van der Waals surface area contributed by atoms with Crippen LogP contribution in [0.15, 0.2) is 54.1 Å². The number of Topliss-reactive ketones (excluding diaryl/α,β-unsaturated/α-hetero) is 1. The average Bonchev–Trinajstić information content (AvgIpc) is 3.26. The van der Waals surface area contributed by atoms with E-state index in [2.05, 4.69) is 6.08 Å². The highest BCUT2D eigenvalue weighted by Crippen LogP contribution is 2.48. The van der Waals surface area contributed by atoms with Crippen LogP contribution in [0.1, 0.15) is 92.4 Å². The Kier molecular flexibility index (Phi) is 10.8. The molecule has 1 saturated carbocycles. The molecule has 1 saturated heterocycles. The molecule has 230 valence electrons. The molecule has 4 rings (SSSR count). The Morgan fingerprint density at radius 2 is 1.79 bits per heavy atom. The first kappa shape index (κ1) is 32.2. The highest BCUT2D eigenvalue weighted by molar-refractivity contribution is 5.96. The highest BCUT2D eigenvalue weighted by Gasteiger charge is 2.44. The third-order valence-corrected chi connectivity index (χ3v) is 8.36. The number of allylic oxidation sites excluding steroid dienone is 2. The maximum absolute atomic E-state index is 13.3. The second-order valence-corrected chi connectivity index (χ2v) is 13.4. The van der Waals surface area contributed by atoms with Crippen molar-refractivity contribution in [3.63, 3.8) is 0 Å². The van der Waals surface area contributed by atoms with Crippen LogP contribution < -0.4 is 4.74 Å². The molecule has 3 aliphatic rings. The lowest BCUT2D eigenvalue weighted by Crippen LogP contribution is -2.37. The molecule has 2 aliphatic carbocycles. The summed E-state index contributed by atoms with van der Waals surface area (Å²) in [5.74, 6) is 0.766. The van der Waals surface area contributed by atoms with Crippen LogP contribution in [0.4, 0.5) is 0 Å². The molecule has 42 heavy (non-hydrogen) atoms. The van der Waals surface area contributed by atoms with Gasteiger partial charge in [0.1, 0.15) is 23.6 Å². The van der Waals surface area contributed by atoms with Crippen molar-refractivity contribution in [1.29, 1.82) is 0 Å². The molecule has 0 radical (unpaired) electrons. The van der Waals surface area contributed by atoms with Gasteiger partial charge >= 0.3 is 5.97 Å². The molecule has 0 amide bonds. The summed E-state index contributed by atoms with van der Waals surface area (Å²) in [6, 6.07) is 9.40. The quantitative estimate of drug-likeness (QED) is 0.115. The van der Waals surface area contributed by atoms with Crippen molar-refractivity contribution >= 4 is 17.5 Å². The standard InChI is InChI=1S/C35H48O7/c1-34(2,3)42-32(38)23-26(36)16-14-24-15-17-28-25(21-24)22-30(40-33-13-9-10-20-39-33)29(28)18-19-31(37)35(4,5)41-27-11-7-6-8-12-27/h6-8,11-12,18-19,21,25,28-30,33H,9-10,13-17,20,22-23H2,1-5H3/b19-18-/t25-,28+,29+,30+,33?/m1/s1. The Balaban J connectivity index is 1.40. The highest BCUT2D eigenvalue weighted by atomic mass is 16.7. The van der Waals surface area contributed by atoms with Gasteiger partial charge in [-0.3, -0.25) is 14.4 Å². The molecule has 1 unspecified atom stereocenters. The van der Waals surface area contributed by atoms with Crippen LogP contribution in [0.5, 0.6) is 5.75 Å². The van der Waals surface area contributed by atoms with E-state index in [9.17, 15) is 14.4 Å². The lowest BCUT2D eigenvalue weighted by atomic mass is 9.78. The number of ether oxygens (including phenoxy) is 4. The fraction of sp³-hybridized carbons (Fsp3) is 0.629. The molecular formula is C35H48O7. The monoisotopic (exact) mass is 580 g/mol. The van der Waals surface area contributed by atoms with Crippen molar-refractivity contribution in [2.24, 2.45) is 17.8 Å². The van der Waals surface area contributed by atoms with Crippen LogP contribution >= 0.6 is 0 Å². The number of hydrogen-bond donors (Lipinski definition) is 0. The van der Waals surface area contributed by atoms with E-state index < -0.39 is 17.2 Å². The number of hydrogen-bond acceptors (Lipinski definition) is 7. The molecule has 2 fully saturated rings. The number of fused-ring (bicyclic) bond motifs is 1. The molecule has 7 heteroatoms. The summed E-state index contributed by atoms with van der Waals surface area (Å²) < 4.78 is 23.8. The fourth-order valence-corrected chi connectivity index (χ4v) is 6.29. The Morgan fingerprint density at radius 1 is 1.02 bits per heavy atom. The van der Waals surface area contributed by atoms with Gasteiger partial charge in [-0.25, -0.2) is 0 Å². The molecule has 1 heterocycles. The predicted octanol–water partition coefficient (Wildman–Crippen LogP) is 6.93. The van der Waals surface area contributed by atoms with Crippen LogP contribution in [-0.2, 0) is 28.6 Å². The zero-order valence-corrected chi connectivity index (χ0v) is 25.9. The molecule has 7 nitrogen and oxygen atoms in total. The van der Waals surface area contributed by atoms with Crippen molar-refractivity contribution in [2.45, 2.75) is 116 Å². The van der Waals surface area contributed by atoms with Crippen LogP contribution in [0.25, 0.3) is 0 Å². The number of esters is 1. The number of ketones is 2. The topological polar surface area (TPSA) is 88.1 Å². The summed E-state index contributed by atoms with van der Waals surface area (Å²) in [6.45, 7) is 9.72. The van der Waals surface area contributed by atoms with E-state index in [0.29, 0.717) is 30.4 Å². The summed E-state index contributed by atoms with van der Waals surface area (Å²) in [4.78, 5) is 37.8. The Hall–Kier alpha value is -2.77. The second kappa shape index (κ2) is 14.1. The predicted molar refractivity (Wildman–Crippen MR) is 161 cm³/mol. The number of rotatable bonds is 12. The SMILES string of the molecule is CC(C)(C)OC(=O)CC(=O)CCC1=C[C@@H]2C[C@H](OC3CCCCO3)[C@@H](/C=C\C(=O)C(C)(C)Oc3ccccc3)[C@H]2CC1. The third kappa shape index (κ3) is 9.37. The molecule has 0 spiro atoms. The zero-order chi connectivity index (χ0) is 30.3. The molecule has 0 N–H and O–H groups in total. The molecule has 5 atom stereocenters. The van der Waals surface area contributed by atoms with Gasteiger partial charge in [0, 0.05) is 18.9 Å². The summed E-state index contributed by atoms with van der Waals surface area (Å²) in [6.07, 6.45) is 12.4.